The Morgan fingerprint density at radius 1 is 0.850 bits per heavy atom. The Morgan fingerprint density at radius 2 is 1.50 bits per heavy atom. The molecule has 0 atom stereocenters. The Kier molecular flexibility index (Phi) is 3.54. The zero-order chi connectivity index (χ0) is 13.9. The number of nitrogens with zero attached hydrogens (tertiary/aromatic N) is 4. The third-order valence-electron chi connectivity index (χ3n) is 3.68. The molecule has 0 bridgehead atoms. The molecule has 2 aromatic rings. The van der Waals surface area contributed by atoms with E-state index in [-0.39, 0.29) is 0 Å². The zero-order valence-electron chi connectivity index (χ0n) is 12.1. The van der Waals surface area contributed by atoms with Crippen LogP contribution in [0.1, 0.15) is 11.5 Å². The summed E-state index contributed by atoms with van der Waals surface area (Å²) in [5.41, 5.74) is 2.35. The van der Waals surface area contributed by atoms with Crippen molar-refractivity contribution >= 4 is 11.5 Å². The van der Waals surface area contributed by atoms with Gasteiger partial charge in [-0.15, -0.1) is 0 Å². The first kappa shape index (κ1) is 12.9. The van der Waals surface area contributed by atoms with Gasteiger partial charge < -0.3 is 9.80 Å². The highest BCUT2D eigenvalue weighted by molar-refractivity contribution is 5.49. The molecule has 0 saturated carbocycles. The number of benzene rings is 1. The molecular weight excluding hydrogens is 248 g/mol. The molecule has 0 aliphatic carbocycles. The second-order valence-corrected chi connectivity index (χ2v) is 5.22. The van der Waals surface area contributed by atoms with Crippen molar-refractivity contribution in [3.8, 4) is 0 Å². The van der Waals surface area contributed by atoms with Crippen LogP contribution in [0.2, 0.25) is 0 Å². The maximum atomic E-state index is 4.55. The molecule has 0 N–H and O–H groups in total. The highest BCUT2D eigenvalue weighted by atomic mass is 15.3. The molecule has 1 saturated heterocycles. The largest absolute Gasteiger partial charge is 0.368 e. The number of anilines is 2. The van der Waals surface area contributed by atoms with Gasteiger partial charge in [-0.05, 0) is 26.0 Å². The lowest BCUT2D eigenvalue weighted by molar-refractivity contribution is 0.645. The highest BCUT2D eigenvalue weighted by Crippen LogP contribution is 2.19. The van der Waals surface area contributed by atoms with Crippen LogP contribution in [-0.4, -0.2) is 36.1 Å². The zero-order valence-corrected chi connectivity index (χ0v) is 12.1. The molecule has 0 amide bonds. The van der Waals surface area contributed by atoms with Gasteiger partial charge in [-0.2, -0.15) is 0 Å². The Balaban J connectivity index is 1.69. The van der Waals surface area contributed by atoms with Gasteiger partial charge in [0.25, 0.3) is 0 Å². The lowest BCUT2D eigenvalue weighted by atomic mass is 10.2. The Labute approximate surface area is 120 Å². The van der Waals surface area contributed by atoms with E-state index in [0.29, 0.717) is 0 Å². The molecule has 1 aliphatic heterocycles. The number of rotatable bonds is 2. The van der Waals surface area contributed by atoms with E-state index in [9.17, 15) is 0 Å². The predicted molar refractivity (Wildman–Crippen MR) is 82.4 cm³/mol. The number of aromatic nitrogens is 2. The number of hydrogen-bond donors (Lipinski definition) is 0. The SMILES string of the molecule is Cc1cc(N2CCN(c3ccccc3)CC2)nc(C)n1. The van der Waals surface area contributed by atoms with Gasteiger partial charge in [0.15, 0.2) is 0 Å². The van der Waals surface area contributed by atoms with Crippen molar-refractivity contribution in [2.45, 2.75) is 13.8 Å². The molecule has 2 heterocycles. The summed E-state index contributed by atoms with van der Waals surface area (Å²) in [6, 6.07) is 12.7. The molecule has 0 spiro atoms. The van der Waals surface area contributed by atoms with Crippen molar-refractivity contribution in [3.63, 3.8) is 0 Å². The van der Waals surface area contributed by atoms with Crippen LogP contribution in [0, 0.1) is 13.8 Å². The van der Waals surface area contributed by atoms with Crippen LogP contribution in [0.3, 0.4) is 0 Å². The number of aryl methyl sites for hydroxylation is 2. The van der Waals surface area contributed by atoms with Gasteiger partial charge in [0.2, 0.25) is 0 Å². The molecule has 4 heteroatoms. The minimum Gasteiger partial charge on any atom is -0.368 e. The van der Waals surface area contributed by atoms with Crippen molar-refractivity contribution in [1.29, 1.82) is 0 Å². The molecule has 0 unspecified atom stereocenters. The summed E-state index contributed by atoms with van der Waals surface area (Å²) in [5, 5.41) is 0. The molecule has 0 radical (unpaired) electrons. The van der Waals surface area contributed by atoms with Crippen molar-refractivity contribution in [1.82, 2.24) is 9.97 Å². The number of piperazine rings is 1. The summed E-state index contributed by atoms with van der Waals surface area (Å²) >= 11 is 0. The molecule has 1 fully saturated rings. The fourth-order valence-electron chi connectivity index (χ4n) is 2.69. The minimum atomic E-state index is 0.852. The Morgan fingerprint density at radius 3 is 2.15 bits per heavy atom. The fourth-order valence-corrected chi connectivity index (χ4v) is 2.69. The lowest BCUT2D eigenvalue weighted by Crippen LogP contribution is -2.46. The van der Waals surface area contributed by atoms with Crippen molar-refractivity contribution in [2.75, 3.05) is 36.0 Å². The monoisotopic (exact) mass is 268 g/mol. The molecule has 4 nitrogen and oxygen atoms in total. The Bertz CT molecular complexity index is 554. The van der Waals surface area contributed by atoms with Gasteiger partial charge in [0.1, 0.15) is 11.6 Å². The van der Waals surface area contributed by atoms with E-state index in [4.69, 9.17) is 0 Å². The molecule has 104 valence electrons. The summed E-state index contributed by atoms with van der Waals surface area (Å²) in [5.74, 6) is 1.91. The number of hydrogen-bond acceptors (Lipinski definition) is 4. The van der Waals surface area contributed by atoms with E-state index < -0.39 is 0 Å². The topological polar surface area (TPSA) is 32.3 Å². The van der Waals surface area contributed by atoms with Gasteiger partial charge >= 0.3 is 0 Å². The average molecular weight is 268 g/mol. The third kappa shape index (κ3) is 2.74. The maximum Gasteiger partial charge on any atom is 0.132 e. The van der Waals surface area contributed by atoms with Crippen LogP contribution in [0.5, 0.6) is 0 Å². The van der Waals surface area contributed by atoms with Crippen LogP contribution >= 0.6 is 0 Å². The molecule has 1 aromatic carbocycles. The van der Waals surface area contributed by atoms with E-state index in [1.807, 2.05) is 13.8 Å². The van der Waals surface area contributed by atoms with Crippen LogP contribution in [0.4, 0.5) is 11.5 Å². The van der Waals surface area contributed by atoms with Crippen molar-refractivity contribution < 1.29 is 0 Å². The first-order valence-corrected chi connectivity index (χ1v) is 7.09. The summed E-state index contributed by atoms with van der Waals surface area (Å²) in [6.07, 6.45) is 0. The van der Waals surface area contributed by atoms with Gasteiger partial charge in [-0.3, -0.25) is 0 Å². The van der Waals surface area contributed by atoms with Gasteiger partial charge in [0, 0.05) is 43.6 Å². The molecule has 1 aromatic heterocycles. The number of para-hydroxylation sites is 1. The lowest BCUT2D eigenvalue weighted by Gasteiger charge is -2.36. The Hall–Kier alpha value is -2.10. The van der Waals surface area contributed by atoms with Crippen molar-refractivity contribution in [3.05, 3.63) is 47.9 Å². The first-order valence-electron chi connectivity index (χ1n) is 7.09. The normalized spacial score (nSPS) is 15.5. The first-order chi connectivity index (χ1) is 9.72. The highest BCUT2D eigenvalue weighted by Gasteiger charge is 2.18. The summed E-state index contributed by atoms with van der Waals surface area (Å²) in [6.45, 7) is 8.06. The van der Waals surface area contributed by atoms with Crippen LogP contribution in [0.25, 0.3) is 0 Å². The summed E-state index contributed by atoms with van der Waals surface area (Å²) in [7, 11) is 0. The van der Waals surface area contributed by atoms with E-state index >= 15 is 0 Å². The quantitative estimate of drug-likeness (QED) is 0.837. The molecular formula is C16H20N4. The summed E-state index contributed by atoms with van der Waals surface area (Å²) < 4.78 is 0. The smallest absolute Gasteiger partial charge is 0.132 e. The molecule has 3 rings (SSSR count). The van der Waals surface area contributed by atoms with Crippen LogP contribution < -0.4 is 9.80 Å². The van der Waals surface area contributed by atoms with Gasteiger partial charge in [-0.1, -0.05) is 18.2 Å². The predicted octanol–water partition coefficient (Wildman–Crippen LogP) is 2.42. The third-order valence-corrected chi connectivity index (χ3v) is 3.68. The van der Waals surface area contributed by atoms with E-state index in [1.165, 1.54) is 5.69 Å². The van der Waals surface area contributed by atoms with Gasteiger partial charge in [0.05, 0.1) is 0 Å². The minimum absolute atomic E-state index is 0.852. The molecule has 20 heavy (non-hydrogen) atoms. The van der Waals surface area contributed by atoms with E-state index in [2.05, 4.69) is 56.2 Å². The fraction of sp³-hybridized carbons (Fsp3) is 0.375. The second-order valence-electron chi connectivity index (χ2n) is 5.22. The van der Waals surface area contributed by atoms with E-state index in [0.717, 1.165) is 43.5 Å². The standard InChI is InChI=1S/C16H20N4/c1-13-12-16(18-14(2)17-13)20-10-8-19(9-11-20)15-6-4-3-5-7-15/h3-7,12H,8-11H2,1-2H3. The maximum absolute atomic E-state index is 4.55. The summed E-state index contributed by atoms with van der Waals surface area (Å²) in [4.78, 5) is 13.7. The van der Waals surface area contributed by atoms with Crippen LogP contribution in [0.15, 0.2) is 36.4 Å². The van der Waals surface area contributed by atoms with Gasteiger partial charge in [-0.25, -0.2) is 9.97 Å². The van der Waals surface area contributed by atoms with Crippen LogP contribution in [-0.2, 0) is 0 Å². The molecule has 1 aliphatic rings. The average Bonchev–Trinajstić information content (AvgIpc) is 2.47. The van der Waals surface area contributed by atoms with Crippen molar-refractivity contribution in [2.24, 2.45) is 0 Å². The second kappa shape index (κ2) is 5.49. The van der Waals surface area contributed by atoms with E-state index in [1.54, 1.807) is 0 Å².